The number of non-ortho nitro benzene ring substituents is 1. The van der Waals surface area contributed by atoms with E-state index in [0.717, 1.165) is 6.07 Å². The molecule has 74 valence electrons. The molecule has 2 N–H and O–H groups in total. The van der Waals surface area contributed by atoms with Crippen LogP contribution in [-0.4, -0.2) is 16.2 Å². The van der Waals surface area contributed by atoms with E-state index >= 15 is 0 Å². The molecule has 1 amide bonds. The molecule has 0 aliphatic heterocycles. The van der Waals surface area contributed by atoms with Crippen molar-refractivity contribution in [2.45, 2.75) is 0 Å². The molecule has 0 bridgehead atoms. The molecule has 14 heavy (non-hydrogen) atoms. The first-order chi connectivity index (χ1) is 6.63. The molecule has 0 fully saturated rings. The van der Waals surface area contributed by atoms with Crippen LogP contribution in [0.25, 0.3) is 0 Å². The zero-order valence-corrected chi connectivity index (χ0v) is 6.84. The lowest BCUT2D eigenvalue weighted by molar-refractivity contribution is -0.384. The zero-order valence-electron chi connectivity index (χ0n) is 6.84. The third kappa shape index (κ3) is 2.42. The fourth-order valence-corrected chi connectivity index (χ4v) is 0.790. The maximum absolute atomic E-state index is 10.5. The van der Waals surface area contributed by atoms with Gasteiger partial charge in [-0.3, -0.25) is 15.3 Å². The first-order valence-electron chi connectivity index (χ1n) is 3.50. The van der Waals surface area contributed by atoms with Crippen LogP contribution in [0.1, 0.15) is 0 Å². The van der Waals surface area contributed by atoms with E-state index in [4.69, 9.17) is 5.21 Å². The summed E-state index contributed by atoms with van der Waals surface area (Å²) in [5, 5.41) is 18.4. The maximum Gasteiger partial charge on any atom is 0.436 e. The standard InChI is InChI=1S/C7H6N2O5/c10-7(8-11)14-6-3-1-2-5(4-6)9(12)13/h1-4,11H,(H,8,10). The second-order valence-electron chi connectivity index (χ2n) is 2.26. The van der Waals surface area contributed by atoms with Gasteiger partial charge >= 0.3 is 6.09 Å². The van der Waals surface area contributed by atoms with Crippen molar-refractivity contribution in [1.29, 1.82) is 0 Å². The van der Waals surface area contributed by atoms with Gasteiger partial charge in [0.05, 0.1) is 11.0 Å². The highest BCUT2D eigenvalue weighted by atomic mass is 16.6. The molecular formula is C7H6N2O5. The van der Waals surface area contributed by atoms with Gasteiger partial charge in [-0.25, -0.2) is 10.3 Å². The highest BCUT2D eigenvalue weighted by Gasteiger charge is 2.08. The monoisotopic (exact) mass is 198 g/mol. The lowest BCUT2D eigenvalue weighted by atomic mass is 10.3. The number of nitrogens with zero attached hydrogens (tertiary/aromatic N) is 1. The van der Waals surface area contributed by atoms with Gasteiger partial charge in [0.25, 0.3) is 5.69 Å². The Morgan fingerprint density at radius 3 is 2.86 bits per heavy atom. The van der Waals surface area contributed by atoms with E-state index in [-0.39, 0.29) is 11.4 Å². The van der Waals surface area contributed by atoms with E-state index in [1.165, 1.54) is 23.7 Å². The van der Waals surface area contributed by atoms with Gasteiger partial charge in [-0.2, -0.15) is 0 Å². The number of ether oxygens (including phenoxy) is 1. The van der Waals surface area contributed by atoms with E-state index in [0.29, 0.717) is 0 Å². The number of rotatable bonds is 2. The van der Waals surface area contributed by atoms with Crippen molar-refractivity contribution in [3.8, 4) is 5.75 Å². The number of nitro groups is 1. The van der Waals surface area contributed by atoms with Crippen molar-refractivity contribution in [1.82, 2.24) is 5.48 Å². The topological polar surface area (TPSA) is 102 Å². The van der Waals surface area contributed by atoms with Gasteiger partial charge in [-0.05, 0) is 6.07 Å². The first-order valence-corrected chi connectivity index (χ1v) is 3.50. The Labute approximate surface area is 78.0 Å². The van der Waals surface area contributed by atoms with Gasteiger partial charge in [0.1, 0.15) is 5.75 Å². The Morgan fingerprint density at radius 2 is 2.29 bits per heavy atom. The van der Waals surface area contributed by atoms with Gasteiger partial charge in [0, 0.05) is 6.07 Å². The van der Waals surface area contributed by atoms with Crippen LogP contribution < -0.4 is 10.2 Å². The summed E-state index contributed by atoms with van der Waals surface area (Å²) in [6.07, 6.45) is -1.11. The minimum Gasteiger partial charge on any atom is -0.409 e. The molecular weight excluding hydrogens is 192 g/mol. The summed E-state index contributed by atoms with van der Waals surface area (Å²) in [4.78, 5) is 20.2. The van der Waals surface area contributed by atoms with Crippen LogP contribution in [0.2, 0.25) is 0 Å². The van der Waals surface area contributed by atoms with Gasteiger partial charge in [-0.1, -0.05) is 6.07 Å². The minimum atomic E-state index is -1.11. The molecule has 0 unspecified atom stereocenters. The van der Waals surface area contributed by atoms with Crippen LogP contribution >= 0.6 is 0 Å². The van der Waals surface area contributed by atoms with Crippen molar-refractivity contribution in [2.75, 3.05) is 0 Å². The molecule has 0 spiro atoms. The average molecular weight is 198 g/mol. The zero-order chi connectivity index (χ0) is 10.6. The second kappa shape index (κ2) is 4.19. The SMILES string of the molecule is O=C(NO)Oc1cccc([N+](=O)[O-])c1. The van der Waals surface area contributed by atoms with Crippen LogP contribution in [0.5, 0.6) is 5.75 Å². The summed E-state index contributed by atoms with van der Waals surface area (Å²) in [5.41, 5.74) is 1.03. The summed E-state index contributed by atoms with van der Waals surface area (Å²) in [6.45, 7) is 0. The average Bonchev–Trinajstić information content (AvgIpc) is 2.18. The quantitative estimate of drug-likeness (QED) is 0.420. The normalized spacial score (nSPS) is 9.21. The second-order valence-corrected chi connectivity index (χ2v) is 2.26. The van der Waals surface area contributed by atoms with E-state index in [1.807, 2.05) is 0 Å². The van der Waals surface area contributed by atoms with Gasteiger partial charge < -0.3 is 4.74 Å². The number of hydrogen-bond acceptors (Lipinski definition) is 5. The number of nitrogens with one attached hydrogen (secondary N) is 1. The van der Waals surface area contributed by atoms with Crippen molar-refractivity contribution < 1.29 is 19.7 Å². The smallest absolute Gasteiger partial charge is 0.409 e. The third-order valence-corrected chi connectivity index (χ3v) is 1.33. The summed E-state index contributed by atoms with van der Waals surface area (Å²) < 4.78 is 4.45. The Balaban J connectivity index is 2.83. The molecule has 1 aromatic carbocycles. The predicted molar refractivity (Wildman–Crippen MR) is 44.0 cm³/mol. The molecule has 0 aliphatic rings. The fraction of sp³-hybridized carbons (Fsp3) is 0. The minimum absolute atomic E-state index is 0.0225. The molecule has 0 atom stereocenters. The lowest BCUT2D eigenvalue weighted by Gasteiger charge is -2.01. The van der Waals surface area contributed by atoms with Crippen LogP contribution in [-0.2, 0) is 0 Å². The van der Waals surface area contributed by atoms with E-state index in [2.05, 4.69) is 4.74 Å². The van der Waals surface area contributed by atoms with Gasteiger partial charge in [0.15, 0.2) is 0 Å². The largest absolute Gasteiger partial charge is 0.436 e. The number of nitro benzene ring substituents is 1. The fourth-order valence-electron chi connectivity index (χ4n) is 0.790. The predicted octanol–water partition coefficient (Wildman–Crippen LogP) is 1.07. The Hall–Kier alpha value is -2.15. The molecule has 0 heterocycles. The summed E-state index contributed by atoms with van der Waals surface area (Å²) >= 11 is 0. The van der Waals surface area contributed by atoms with Crippen LogP contribution in [0.4, 0.5) is 10.5 Å². The Kier molecular flexibility index (Phi) is 2.97. The van der Waals surface area contributed by atoms with Crippen LogP contribution in [0.3, 0.4) is 0 Å². The number of hydrogen-bond donors (Lipinski definition) is 2. The van der Waals surface area contributed by atoms with Crippen LogP contribution in [0.15, 0.2) is 24.3 Å². The Bertz CT molecular complexity index is 365. The number of amides is 1. The molecule has 1 aromatic rings. The summed E-state index contributed by atoms with van der Waals surface area (Å²) in [5.74, 6) is -0.0225. The van der Waals surface area contributed by atoms with Crippen molar-refractivity contribution in [2.24, 2.45) is 0 Å². The third-order valence-electron chi connectivity index (χ3n) is 1.33. The number of carbonyl (C=O) groups excluding carboxylic acids is 1. The highest BCUT2D eigenvalue weighted by Crippen LogP contribution is 2.18. The van der Waals surface area contributed by atoms with Crippen molar-refractivity contribution in [3.63, 3.8) is 0 Å². The summed E-state index contributed by atoms with van der Waals surface area (Å²) in [7, 11) is 0. The number of carbonyl (C=O) groups is 1. The molecule has 0 aromatic heterocycles. The molecule has 7 heteroatoms. The van der Waals surface area contributed by atoms with Gasteiger partial charge in [0.2, 0.25) is 0 Å². The van der Waals surface area contributed by atoms with E-state index in [9.17, 15) is 14.9 Å². The number of benzene rings is 1. The molecule has 0 radical (unpaired) electrons. The number of hydroxylamine groups is 1. The van der Waals surface area contributed by atoms with E-state index < -0.39 is 11.0 Å². The molecule has 0 saturated heterocycles. The maximum atomic E-state index is 10.5. The molecule has 7 nitrogen and oxygen atoms in total. The summed E-state index contributed by atoms with van der Waals surface area (Å²) in [6, 6.07) is 5.03. The van der Waals surface area contributed by atoms with Crippen LogP contribution in [0, 0.1) is 10.1 Å². The first kappa shape index (κ1) is 9.93. The molecule has 0 saturated carbocycles. The van der Waals surface area contributed by atoms with Gasteiger partial charge in [-0.15, -0.1) is 0 Å². The molecule has 0 aliphatic carbocycles. The highest BCUT2D eigenvalue weighted by molar-refractivity contribution is 5.69. The Morgan fingerprint density at radius 1 is 1.57 bits per heavy atom. The van der Waals surface area contributed by atoms with Crippen molar-refractivity contribution >= 4 is 11.8 Å². The van der Waals surface area contributed by atoms with E-state index in [1.54, 1.807) is 0 Å². The lowest BCUT2D eigenvalue weighted by Crippen LogP contribution is -2.22. The van der Waals surface area contributed by atoms with Crippen molar-refractivity contribution in [3.05, 3.63) is 34.4 Å². The molecule has 1 rings (SSSR count).